The highest BCUT2D eigenvalue weighted by Crippen LogP contribution is 2.26. The van der Waals surface area contributed by atoms with Gasteiger partial charge in [-0.1, -0.05) is 18.7 Å². The number of nitrogens with two attached hydrogens (primary N) is 1. The third kappa shape index (κ3) is 3.08. The van der Waals surface area contributed by atoms with Gasteiger partial charge in [-0.2, -0.15) is 5.10 Å². The number of aryl methyl sites for hydroxylation is 1. The number of rotatable bonds is 4. The maximum atomic E-state index is 5.92. The summed E-state index contributed by atoms with van der Waals surface area (Å²) in [6, 6.07) is 4.08. The summed E-state index contributed by atoms with van der Waals surface area (Å²) in [4.78, 5) is 6.59. The summed E-state index contributed by atoms with van der Waals surface area (Å²) in [5, 5.41) is 4.13. The molecule has 1 atom stereocenters. The second-order valence-electron chi connectivity index (χ2n) is 3.89. The van der Waals surface area contributed by atoms with E-state index < -0.39 is 0 Å². The van der Waals surface area contributed by atoms with Crippen LogP contribution in [-0.4, -0.2) is 14.8 Å². The van der Waals surface area contributed by atoms with Gasteiger partial charge in [0, 0.05) is 30.4 Å². The fourth-order valence-corrected chi connectivity index (χ4v) is 2.29. The fraction of sp³-hybridized carbons (Fsp3) is 0.333. The van der Waals surface area contributed by atoms with Crippen LogP contribution in [0.4, 0.5) is 0 Å². The Hall–Kier alpha value is -1.33. The predicted molar refractivity (Wildman–Crippen MR) is 68.8 cm³/mol. The Morgan fingerprint density at radius 1 is 1.35 bits per heavy atom. The van der Waals surface area contributed by atoms with Gasteiger partial charge in [0.05, 0.1) is 16.8 Å². The standard InChI is InChI=1S/C12H16N4S/c1-3-11(13)12-5-4-9(6-14-12)17-10-7-15-16(2)8-10/h4-8,11H,3,13H2,1-2H3/t11-/m1/s1. The molecule has 0 saturated heterocycles. The summed E-state index contributed by atoms with van der Waals surface area (Å²) in [6.07, 6.45) is 6.59. The van der Waals surface area contributed by atoms with Crippen molar-refractivity contribution in [3.05, 3.63) is 36.4 Å². The highest BCUT2D eigenvalue weighted by molar-refractivity contribution is 7.99. The van der Waals surface area contributed by atoms with Gasteiger partial charge in [0.2, 0.25) is 0 Å². The maximum Gasteiger partial charge on any atom is 0.0629 e. The Bertz CT molecular complexity index is 478. The number of hydrogen-bond acceptors (Lipinski definition) is 4. The topological polar surface area (TPSA) is 56.7 Å². The molecule has 2 rings (SSSR count). The minimum Gasteiger partial charge on any atom is -0.323 e. The van der Waals surface area contributed by atoms with Crippen molar-refractivity contribution in [1.29, 1.82) is 0 Å². The lowest BCUT2D eigenvalue weighted by atomic mass is 10.1. The molecule has 0 radical (unpaired) electrons. The zero-order valence-corrected chi connectivity index (χ0v) is 10.8. The van der Waals surface area contributed by atoms with Gasteiger partial charge in [0.1, 0.15) is 0 Å². The Kier molecular flexibility index (Phi) is 3.81. The number of pyridine rings is 1. The first-order valence-electron chi connectivity index (χ1n) is 5.57. The van der Waals surface area contributed by atoms with Crippen LogP contribution in [0.2, 0.25) is 0 Å². The Morgan fingerprint density at radius 3 is 2.71 bits per heavy atom. The average molecular weight is 248 g/mol. The summed E-state index contributed by atoms with van der Waals surface area (Å²) >= 11 is 1.65. The highest BCUT2D eigenvalue weighted by atomic mass is 32.2. The molecule has 0 aliphatic carbocycles. The normalized spacial score (nSPS) is 12.6. The molecule has 0 fully saturated rings. The minimum atomic E-state index is 0.0347. The van der Waals surface area contributed by atoms with Crippen molar-refractivity contribution >= 4 is 11.8 Å². The lowest BCUT2D eigenvalue weighted by Crippen LogP contribution is -2.10. The van der Waals surface area contributed by atoms with Crippen molar-refractivity contribution in [2.24, 2.45) is 12.8 Å². The molecule has 0 unspecified atom stereocenters. The molecule has 0 saturated carbocycles. The van der Waals surface area contributed by atoms with Crippen molar-refractivity contribution < 1.29 is 0 Å². The fourth-order valence-electron chi connectivity index (χ4n) is 1.47. The van der Waals surface area contributed by atoms with Crippen LogP contribution in [-0.2, 0) is 7.05 Å². The van der Waals surface area contributed by atoms with Gasteiger partial charge < -0.3 is 5.73 Å². The first-order chi connectivity index (χ1) is 8.19. The lowest BCUT2D eigenvalue weighted by molar-refractivity contribution is 0.674. The van der Waals surface area contributed by atoms with E-state index in [-0.39, 0.29) is 6.04 Å². The van der Waals surface area contributed by atoms with Gasteiger partial charge in [-0.25, -0.2) is 0 Å². The van der Waals surface area contributed by atoms with E-state index >= 15 is 0 Å². The zero-order valence-electron chi connectivity index (χ0n) is 10.00. The first kappa shape index (κ1) is 12.1. The van der Waals surface area contributed by atoms with E-state index in [0.29, 0.717) is 0 Å². The van der Waals surface area contributed by atoms with Crippen LogP contribution < -0.4 is 5.73 Å². The van der Waals surface area contributed by atoms with Crippen LogP contribution in [0.15, 0.2) is 40.5 Å². The largest absolute Gasteiger partial charge is 0.323 e. The van der Waals surface area contributed by atoms with Gasteiger partial charge >= 0.3 is 0 Å². The van der Waals surface area contributed by atoms with Crippen LogP contribution in [0.1, 0.15) is 25.1 Å². The van der Waals surface area contributed by atoms with E-state index in [1.165, 1.54) is 0 Å². The molecule has 5 heteroatoms. The van der Waals surface area contributed by atoms with E-state index in [1.807, 2.05) is 31.7 Å². The van der Waals surface area contributed by atoms with E-state index in [2.05, 4.69) is 23.1 Å². The molecule has 90 valence electrons. The van der Waals surface area contributed by atoms with E-state index in [4.69, 9.17) is 5.73 Å². The molecule has 0 aliphatic heterocycles. The van der Waals surface area contributed by atoms with E-state index in [1.54, 1.807) is 16.4 Å². The monoisotopic (exact) mass is 248 g/mol. The smallest absolute Gasteiger partial charge is 0.0629 e. The lowest BCUT2D eigenvalue weighted by Gasteiger charge is -2.07. The predicted octanol–water partition coefficient (Wildman–Crippen LogP) is 2.38. The van der Waals surface area contributed by atoms with Crippen LogP contribution >= 0.6 is 11.8 Å². The number of nitrogens with zero attached hydrogens (tertiary/aromatic N) is 3. The van der Waals surface area contributed by atoms with Crippen LogP contribution in [0.25, 0.3) is 0 Å². The first-order valence-corrected chi connectivity index (χ1v) is 6.38. The summed E-state index contributed by atoms with van der Waals surface area (Å²) in [6.45, 7) is 2.06. The Balaban J connectivity index is 2.08. The minimum absolute atomic E-state index is 0.0347. The Labute approximate surface area is 105 Å². The van der Waals surface area contributed by atoms with Crippen LogP contribution in [0.3, 0.4) is 0 Å². The third-order valence-electron chi connectivity index (χ3n) is 2.50. The van der Waals surface area contributed by atoms with Crippen molar-refractivity contribution in [2.75, 3.05) is 0 Å². The van der Waals surface area contributed by atoms with Gasteiger partial charge in [-0.05, 0) is 18.6 Å². The Morgan fingerprint density at radius 2 is 2.18 bits per heavy atom. The average Bonchev–Trinajstić information content (AvgIpc) is 2.75. The third-order valence-corrected chi connectivity index (χ3v) is 3.42. The van der Waals surface area contributed by atoms with Gasteiger partial charge in [-0.15, -0.1) is 0 Å². The molecule has 0 bridgehead atoms. The summed E-state index contributed by atoms with van der Waals surface area (Å²) in [7, 11) is 1.91. The van der Waals surface area contributed by atoms with Gasteiger partial charge in [-0.3, -0.25) is 9.67 Å². The molecule has 2 aromatic heterocycles. The molecule has 2 heterocycles. The van der Waals surface area contributed by atoms with Crippen molar-refractivity contribution in [3.63, 3.8) is 0 Å². The molecule has 2 aromatic rings. The molecule has 0 aliphatic rings. The summed E-state index contributed by atoms with van der Waals surface area (Å²) in [5.41, 5.74) is 6.86. The van der Waals surface area contributed by atoms with Gasteiger partial charge in [0.15, 0.2) is 0 Å². The number of aromatic nitrogens is 3. The summed E-state index contributed by atoms with van der Waals surface area (Å²) in [5.74, 6) is 0. The van der Waals surface area contributed by atoms with E-state index in [9.17, 15) is 0 Å². The van der Waals surface area contributed by atoms with Crippen molar-refractivity contribution in [2.45, 2.75) is 29.2 Å². The molecule has 2 N–H and O–H groups in total. The van der Waals surface area contributed by atoms with Crippen molar-refractivity contribution in [1.82, 2.24) is 14.8 Å². The van der Waals surface area contributed by atoms with E-state index in [0.717, 1.165) is 21.9 Å². The highest BCUT2D eigenvalue weighted by Gasteiger charge is 2.05. The quantitative estimate of drug-likeness (QED) is 0.902. The molecular formula is C12H16N4S. The molecule has 0 amide bonds. The number of hydrogen-bond donors (Lipinski definition) is 1. The summed E-state index contributed by atoms with van der Waals surface area (Å²) < 4.78 is 1.79. The second kappa shape index (κ2) is 5.33. The second-order valence-corrected chi connectivity index (χ2v) is 5.03. The molecule has 17 heavy (non-hydrogen) atoms. The molecule has 4 nitrogen and oxygen atoms in total. The van der Waals surface area contributed by atoms with Crippen LogP contribution in [0.5, 0.6) is 0 Å². The van der Waals surface area contributed by atoms with Crippen LogP contribution in [0, 0.1) is 0 Å². The molecule has 0 spiro atoms. The molecule has 0 aromatic carbocycles. The zero-order chi connectivity index (χ0) is 12.3. The SMILES string of the molecule is CC[C@@H](N)c1ccc(Sc2cnn(C)c2)cn1. The molecular weight excluding hydrogens is 232 g/mol. The maximum absolute atomic E-state index is 5.92. The van der Waals surface area contributed by atoms with Gasteiger partial charge in [0.25, 0.3) is 0 Å². The van der Waals surface area contributed by atoms with Crippen molar-refractivity contribution in [3.8, 4) is 0 Å².